The molecule has 2 fully saturated rings. The van der Waals surface area contributed by atoms with Crippen molar-refractivity contribution in [2.75, 3.05) is 26.4 Å². The minimum atomic E-state index is -0.0547. The molecular weight excluding hydrogens is 266 g/mol. The predicted octanol–water partition coefficient (Wildman–Crippen LogP) is 2.37. The van der Waals surface area contributed by atoms with Crippen molar-refractivity contribution in [3.8, 4) is 5.75 Å². The van der Waals surface area contributed by atoms with Gasteiger partial charge in [0.15, 0.2) is 0 Å². The minimum absolute atomic E-state index is 0.0547. The van der Waals surface area contributed by atoms with Gasteiger partial charge in [-0.3, -0.25) is 0 Å². The monoisotopic (exact) mass is 291 g/mol. The molecule has 0 bridgehead atoms. The third-order valence-corrected chi connectivity index (χ3v) is 4.67. The Morgan fingerprint density at radius 2 is 2.14 bits per heavy atom. The standard InChI is InChI=1S/C17H25NO3/c18-16(7-9-20-15-4-2-1-3-5-15)14-6-10-21-17(12-14)8-11-19-13-17/h1-5,14,16H,6-13,18H2. The number of benzene rings is 1. The van der Waals surface area contributed by atoms with Gasteiger partial charge in [-0.2, -0.15) is 0 Å². The van der Waals surface area contributed by atoms with E-state index in [1.165, 1.54) is 0 Å². The number of rotatable bonds is 5. The number of hydrogen-bond acceptors (Lipinski definition) is 4. The zero-order chi connectivity index (χ0) is 14.5. The van der Waals surface area contributed by atoms with Crippen molar-refractivity contribution >= 4 is 0 Å². The highest BCUT2D eigenvalue weighted by Crippen LogP contribution is 2.37. The van der Waals surface area contributed by atoms with Gasteiger partial charge in [-0.05, 0) is 37.3 Å². The van der Waals surface area contributed by atoms with Gasteiger partial charge in [0.1, 0.15) is 5.75 Å². The molecule has 3 atom stereocenters. The zero-order valence-electron chi connectivity index (χ0n) is 12.5. The van der Waals surface area contributed by atoms with E-state index < -0.39 is 0 Å². The lowest BCUT2D eigenvalue weighted by molar-refractivity contribution is -0.102. The van der Waals surface area contributed by atoms with E-state index in [1.807, 2.05) is 30.3 Å². The van der Waals surface area contributed by atoms with Crippen LogP contribution >= 0.6 is 0 Å². The first-order chi connectivity index (χ1) is 10.3. The normalized spacial score (nSPS) is 30.4. The molecule has 3 rings (SSSR count). The molecule has 3 unspecified atom stereocenters. The van der Waals surface area contributed by atoms with Crippen LogP contribution in [0.3, 0.4) is 0 Å². The second-order valence-electron chi connectivity index (χ2n) is 6.20. The Hall–Kier alpha value is -1.10. The largest absolute Gasteiger partial charge is 0.494 e. The molecule has 2 heterocycles. The summed E-state index contributed by atoms with van der Waals surface area (Å²) >= 11 is 0. The molecule has 21 heavy (non-hydrogen) atoms. The lowest BCUT2D eigenvalue weighted by Crippen LogP contribution is -2.46. The lowest BCUT2D eigenvalue weighted by Gasteiger charge is -2.39. The Kier molecular flexibility index (Phi) is 4.78. The first-order valence-electron chi connectivity index (χ1n) is 7.93. The molecule has 0 amide bonds. The first kappa shape index (κ1) is 14.8. The number of hydrogen-bond donors (Lipinski definition) is 1. The van der Waals surface area contributed by atoms with Crippen molar-refractivity contribution in [1.82, 2.24) is 0 Å². The van der Waals surface area contributed by atoms with Gasteiger partial charge in [-0.15, -0.1) is 0 Å². The van der Waals surface area contributed by atoms with Crippen LogP contribution in [0.25, 0.3) is 0 Å². The van der Waals surface area contributed by atoms with Gasteiger partial charge >= 0.3 is 0 Å². The molecule has 2 aliphatic heterocycles. The highest BCUT2D eigenvalue weighted by molar-refractivity contribution is 5.20. The molecule has 1 aromatic carbocycles. The van der Waals surface area contributed by atoms with Gasteiger partial charge in [0.05, 0.1) is 18.8 Å². The van der Waals surface area contributed by atoms with E-state index >= 15 is 0 Å². The van der Waals surface area contributed by atoms with Crippen LogP contribution in [0.15, 0.2) is 30.3 Å². The first-order valence-corrected chi connectivity index (χ1v) is 7.93. The fraction of sp³-hybridized carbons (Fsp3) is 0.647. The van der Waals surface area contributed by atoms with Crippen LogP contribution in [0.2, 0.25) is 0 Å². The highest BCUT2D eigenvalue weighted by atomic mass is 16.6. The van der Waals surface area contributed by atoms with Gasteiger partial charge < -0.3 is 19.9 Å². The van der Waals surface area contributed by atoms with E-state index in [0.29, 0.717) is 12.5 Å². The summed E-state index contributed by atoms with van der Waals surface area (Å²) in [5.41, 5.74) is 6.33. The Balaban J connectivity index is 1.45. The third kappa shape index (κ3) is 3.76. The van der Waals surface area contributed by atoms with E-state index in [0.717, 1.165) is 51.3 Å². The second kappa shape index (κ2) is 6.77. The average Bonchev–Trinajstić information content (AvgIpc) is 2.96. The number of nitrogens with two attached hydrogens (primary N) is 1. The molecule has 1 spiro atoms. The molecule has 2 aliphatic rings. The molecule has 1 aromatic rings. The maximum atomic E-state index is 6.39. The van der Waals surface area contributed by atoms with Crippen LogP contribution in [-0.4, -0.2) is 38.1 Å². The Labute approximate surface area is 126 Å². The van der Waals surface area contributed by atoms with Crippen molar-refractivity contribution in [2.45, 2.75) is 37.3 Å². The van der Waals surface area contributed by atoms with Crippen molar-refractivity contribution < 1.29 is 14.2 Å². The Morgan fingerprint density at radius 1 is 1.29 bits per heavy atom. The molecule has 2 N–H and O–H groups in total. The molecule has 0 radical (unpaired) electrons. The SMILES string of the molecule is NC(CCOc1ccccc1)C1CCOC2(CCOC2)C1. The minimum Gasteiger partial charge on any atom is -0.494 e. The summed E-state index contributed by atoms with van der Waals surface area (Å²) in [4.78, 5) is 0. The van der Waals surface area contributed by atoms with Gasteiger partial charge in [0.25, 0.3) is 0 Å². The molecule has 0 aromatic heterocycles. The van der Waals surface area contributed by atoms with Crippen molar-refractivity contribution in [3.05, 3.63) is 30.3 Å². The summed E-state index contributed by atoms with van der Waals surface area (Å²) in [5.74, 6) is 1.43. The number of ether oxygens (including phenoxy) is 3. The maximum Gasteiger partial charge on any atom is 0.119 e. The summed E-state index contributed by atoms with van der Waals surface area (Å²) in [7, 11) is 0. The van der Waals surface area contributed by atoms with E-state index in [4.69, 9.17) is 19.9 Å². The third-order valence-electron chi connectivity index (χ3n) is 4.67. The molecule has 4 nitrogen and oxygen atoms in total. The number of para-hydroxylation sites is 1. The van der Waals surface area contributed by atoms with E-state index in [1.54, 1.807) is 0 Å². The Morgan fingerprint density at radius 3 is 2.90 bits per heavy atom. The van der Waals surface area contributed by atoms with Crippen molar-refractivity contribution in [2.24, 2.45) is 11.7 Å². The summed E-state index contributed by atoms with van der Waals surface area (Å²) in [6.07, 6.45) is 3.97. The van der Waals surface area contributed by atoms with Crippen LogP contribution in [0.1, 0.15) is 25.7 Å². The van der Waals surface area contributed by atoms with Crippen LogP contribution < -0.4 is 10.5 Å². The van der Waals surface area contributed by atoms with Gasteiger partial charge in [-0.1, -0.05) is 18.2 Å². The van der Waals surface area contributed by atoms with Gasteiger partial charge in [-0.25, -0.2) is 0 Å². The zero-order valence-corrected chi connectivity index (χ0v) is 12.5. The molecule has 116 valence electrons. The second-order valence-corrected chi connectivity index (χ2v) is 6.20. The van der Waals surface area contributed by atoms with Crippen molar-refractivity contribution in [1.29, 1.82) is 0 Å². The van der Waals surface area contributed by atoms with Crippen LogP contribution in [0, 0.1) is 5.92 Å². The molecule has 0 saturated carbocycles. The summed E-state index contributed by atoms with van der Waals surface area (Å²) < 4.78 is 17.2. The molecule has 4 heteroatoms. The summed E-state index contributed by atoms with van der Waals surface area (Å²) in [6.45, 7) is 3.03. The van der Waals surface area contributed by atoms with Gasteiger partial charge in [0, 0.05) is 25.7 Å². The van der Waals surface area contributed by atoms with E-state index in [9.17, 15) is 0 Å². The van der Waals surface area contributed by atoms with Crippen LogP contribution in [0.4, 0.5) is 0 Å². The fourth-order valence-corrected chi connectivity index (χ4v) is 3.36. The van der Waals surface area contributed by atoms with E-state index in [-0.39, 0.29) is 11.6 Å². The van der Waals surface area contributed by atoms with Gasteiger partial charge in [0.2, 0.25) is 0 Å². The molecule has 0 aliphatic carbocycles. The Bertz CT molecular complexity index is 431. The van der Waals surface area contributed by atoms with Crippen molar-refractivity contribution in [3.63, 3.8) is 0 Å². The van der Waals surface area contributed by atoms with Crippen LogP contribution in [0.5, 0.6) is 5.75 Å². The predicted molar refractivity (Wildman–Crippen MR) is 81.4 cm³/mol. The van der Waals surface area contributed by atoms with E-state index in [2.05, 4.69) is 0 Å². The average molecular weight is 291 g/mol. The smallest absolute Gasteiger partial charge is 0.119 e. The summed E-state index contributed by atoms with van der Waals surface area (Å²) in [6, 6.07) is 10.1. The lowest BCUT2D eigenvalue weighted by atomic mass is 9.80. The summed E-state index contributed by atoms with van der Waals surface area (Å²) in [5, 5.41) is 0. The fourth-order valence-electron chi connectivity index (χ4n) is 3.36. The maximum absolute atomic E-state index is 6.39. The molecule has 2 saturated heterocycles. The quantitative estimate of drug-likeness (QED) is 0.905. The van der Waals surface area contributed by atoms with Crippen LogP contribution in [-0.2, 0) is 9.47 Å². The topological polar surface area (TPSA) is 53.7 Å². The highest BCUT2D eigenvalue weighted by Gasteiger charge is 2.42. The molecular formula is C17H25NO3.